The van der Waals surface area contributed by atoms with Gasteiger partial charge in [-0.1, -0.05) is 19.1 Å². The van der Waals surface area contributed by atoms with Crippen LogP contribution in [0.25, 0.3) is 0 Å². The van der Waals surface area contributed by atoms with E-state index in [4.69, 9.17) is 0 Å². The zero-order chi connectivity index (χ0) is 14.5. The maximum atomic E-state index is 13.5. The molecule has 112 valence electrons. The largest absolute Gasteiger partial charge is 0.388 e. The van der Waals surface area contributed by atoms with Gasteiger partial charge in [0, 0.05) is 32.7 Å². The number of piperazine rings is 1. The molecule has 0 radical (unpaired) electrons. The van der Waals surface area contributed by atoms with E-state index in [9.17, 15) is 9.50 Å². The van der Waals surface area contributed by atoms with Crippen LogP contribution in [0.3, 0.4) is 0 Å². The molecule has 0 bridgehead atoms. The van der Waals surface area contributed by atoms with Gasteiger partial charge in [0.15, 0.2) is 0 Å². The average molecular weight is 280 g/mol. The minimum absolute atomic E-state index is 0.238. The smallest absolute Gasteiger partial charge is 0.126 e. The molecule has 1 atom stereocenters. The van der Waals surface area contributed by atoms with Crippen LogP contribution in [0.2, 0.25) is 0 Å². The number of nitrogens with zero attached hydrogens (tertiary/aromatic N) is 2. The van der Waals surface area contributed by atoms with E-state index in [1.807, 2.05) is 6.07 Å². The molecule has 1 unspecified atom stereocenters. The predicted octanol–water partition coefficient (Wildman–Crippen LogP) is 2.20. The van der Waals surface area contributed by atoms with Crippen molar-refractivity contribution < 1.29 is 9.50 Å². The first-order chi connectivity index (χ1) is 9.60. The molecule has 1 N–H and O–H groups in total. The summed E-state index contributed by atoms with van der Waals surface area (Å²) in [5.74, 6) is -0.238. The van der Waals surface area contributed by atoms with E-state index in [2.05, 4.69) is 16.7 Å². The van der Waals surface area contributed by atoms with Crippen molar-refractivity contribution in [3.63, 3.8) is 0 Å². The Morgan fingerprint density at radius 1 is 1.20 bits per heavy atom. The highest BCUT2D eigenvalue weighted by Crippen LogP contribution is 2.20. The third kappa shape index (κ3) is 4.01. The maximum Gasteiger partial charge on any atom is 0.126 e. The SMILES string of the molecule is CCN1CCN(CCC(O)c2ccc(C)c(F)c2)CC1. The molecule has 1 saturated heterocycles. The van der Waals surface area contributed by atoms with Crippen molar-refractivity contribution in [3.8, 4) is 0 Å². The lowest BCUT2D eigenvalue weighted by Crippen LogP contribution is -2.46. The molecule has 0 aromatic heterocycles. The number of benzene rings is 1. The number of likely N-dealkylation sites (N-methyl/N-ethyl adjacent to an activating group) is 1. The topological polar surface area (TPSA) is 26.7 Å². The minimum atomic E-state index is -0.575. The second-order valence-corrected chi connectivity index (χ2v) is 5.59. The Bertz CT molecular complexity index is 430. The highest BCUT2D eigenvalue weighted by molar-refractivity contribution is 5.24. The van der Waals surface area contributed by atoms with Gasteiger partial charge in [0.1, 0.15) is 5.82 Å². The van der Waals surface area contributed by atoms with Crippen molar-refractivity contribution >= 4 is 0 Å². The monoisotopic (exact) mass is 280 g/mol. The Labute approximate surface area is 121 Å². The summed E-state index contributed by atoms with van der Waals surface area (Å²) in [7, 11) is 0. The second-order valence-electron chi connectivity index (χ2n) is 5.59. The fourth-order valence-electron chi connectivity index (χ4n) is 2.62. The van der Waals surface area contributed by atoms with Gasteiger partial charge in [-0.25, -0.2) is 4.39 Å². The van der Waals surface area contributed by atoms with Gasteiger partial charge in [-0.3, -0.25) is 0 Å². The molecular weight excluding hydrogens is 255 g/mol. The fraction of sp³-hybridized carbons (Fsp3) is 0.625. The highest BCUT2D eigenvalue weighted by atomic mass is 19.1. The van der Waals surface area contributed by atoms with Crippen molar-refractivity contribution in [3.05, 3.63) is 35.1 Å². The summed E-state index contributed by atoms with van der Waals surface area (Å²) >= 11 is 0. The van der Waals surface area contributed by atoms with Gasteiger partial charge < -0.3 is 14.9 Å². The van der Waals surface area contributed by atoms with Crippen LogP contribution in [0, 0.1) is 12.7 Å². The van der Waals surface area contributed by atoms with E-state index >= 15 is 0 Å². The van der Waals surface area contributed by atoms with E-state index in [0.29, 0.717) is 17.5 Å². The fourth-order valence-corrected chi connectivity index (χ4v) is 2.62. The predicted molar refractivity (Wildman–Crippen MR) is 79.3 cm³/mol. The number of hydrogen-bond donors (Lipinski definition) is 1. The first-order valence-electron chi connectivity index (χ1n) is 7.49. The minimum Gasteiger partial charge on any atom is -0.388 e. The van der Waals surface area contributed by atoms with Crippen LogP contribution >= 0.6 is 0 Å². The number of aryl methyl sites for hydroxylation is 1. The van der Waals surface area contributed by atoms with Crippen LogP contribution < -0.4 is 0 Å². The molecule has 4 heteroatoms. The lowest BCUT2D eigenvalue weighted by Gasteiger charge is -2.34. The van der Waals surface area contributed by atoms with E-state index < -0.39 is 6.10 Å². The van der Waals surface area contributed by atoms with Crippen molar-refractivity contribution in [1.82, 2.24) is 9.80 Å². The van der Waals surface area contributed by atoms with Gasteiger partial charge in [-0.15, -0.1) is 0 Å². The lowest BCUT2D eigenvalue weighted by molar-refractivity contribution is 0.105. The first-order valence-corrected chi connectivity index (χ1v) is 7.49. The average Bonchev–Trinajstić information content (AvgIpc) is 2.48. The van der Waals surface area contributed by atoms with Gasteiger partial charge in [0.2, 0.25) is 0 Å². The summed E-state index contributed by atoms with van der Waals surface area (Å²) < 4.78 is 13.5. The first kappa shape index (κ1) is 15.4. The molecule has 20 heavy (non-hydrogen) atoms. The summed E-state index contributed by atoms with van der Waals surface area (Å²) in [6, 6.07) is 5.00. The van der Waals surface area contributed by atoms with Crippen LogP contribution in [-0.4, -0.2) is 54.2 Å². The summed E-state index contributed by atoms with van der Waals surface area (Å²) in [6.45, 7) is 10.2. The zero-order valence-electron chi connectivity index (χ0n) is 12.5. The zero-order valence-corrected chi connectivity index (χ0v) is 12.5. The maximum absolute atomic E-state index is 13.5. The van der Waals surface area contributed by atoms with Crippen LogP contribution in [0.4, 0.5) is 4.39 Å². The van der Waals surface area contributed by atoms with Crippen LogP contribution in [0.15, 0.2) is 18.2 Å². The van der Waals surface area contributed by atoms with Gasteiger partial charge in [0.25, 0.3) is 0 Å². The molecule has 1 aliphatic rings. The molecule has 1 heterocycles. The van der Waals surface area contributed by atoms with Gasteiger partial charge in [0.05, 0.1) is 6.10 Å². The van der Waals surface area contributed by atoms with E-state index in [1.165, 1.54) is 6.07 Å². The number of halogens is 1. The van der Waals surface area contributed by atoms with Crippen LogP contribution in [0.1, 0.15) is 30.6 Å². The van der Waals surface area contributed by atoms with Crippen molar-refractivity contribution in [2.75, 3.05) is 39.3 Å². The molecule has 0 amide bonds. The van der Waals surface area contributed by atoms with Crippen molar-refractivity contribution in [2.45, 2.75) is 26.4 Å². The number of rotatable bonds is 5. The number of hydrogen-bond acceptors (Lipinski definition) is 3. The van der Waals surface area contributed by atoms with E-state index in [-0.39, 0.29) is 5.82 Å². The Balaban J connectivity index is 1.80. The van der Waals surface area contributed by atoms with E-state index in [0.717, 1.165) is 39.3 Å². The van der Waals surface area contributed by atoms with Crippen LogP contribution in [-0.2, 0) is 0 Å². The Kier molecular flexibility index (Phi) is 5.52. The highest BCUT2D eigenvalue weighted by Gasteiger charge is 2.17. The quantitative estimate of drug-likeness (QED) is 0.895. The second kappa shape index (κ2) is 7.16. The number of aliphatic hydroxyl groups excluding tert-OH is 1. The number of aliphatic hydroxyl groups is 1. The molecule has 1 fully saturated rings. The van der Waals surface area contributed by atoms with Crippen molar-refractivity contribution in [1.29, 1.82) is 0 Å². The molecular formula is C16H25FN2O. The van der Waals surface area contributed by atoms with Gasteiger partial charge >= 0.3 is 0 Å². The van der Waals surface area contributed by atoms with Crippen LogP contribution in [0.5, 0.6) is 0 Å². The normalized spacial score (nSPS) is 19.2. The molecule has 0 saturated carbocycles. The van der Waals surface area contributed by atoms with Gasteiger partial charge in [-0.2, -0.15) is 0 Å². The Hall–Kier alpha value is -0.970. The van der Waals surface area contributed by atoms with Gasteiger partial charge in [-0.05, 0) is 37.1 Å². The third-order valence-electron chi connectivity index (χ3n) is 4.21. The summed E-state index contributed by atoms with van der Waals surface area (Å²) in [4.78, 5) is 4.81. The Morgan fingerprint density at radius 2 is 1.85 bits per heavy atom. The molecule has 0 spiro atoms. The summed E-state index contributed by atoms with van der Waals surface area (Å²) in [5, 5.41) is 10.2. The molecule has 1 aliphatic heterocycles. The molecule has 0 aliphatic carbocycles. The molecule has 1 aromatic carbocycles. The van der Waals surface area contributed by atoms with E-state index in [1.54, 1.807) is 13.0 Å². The van der Waals surface area contributed by atoms with Crippen molar-refractivity contribution in [2.24, 2.45) is 0 Å². The molecule has 3 nitrogen and oxygen atoms in total. The Morgan fingerprint density at radius 3 is 2.45 bits per heavy atom. The lowest BCUT2D eigenvalue weighted by atomic mass is 10.0. The third-order valence-corrected chi connectivity index (χ3v) is 4.21. The standard InChI is InChI=1S/C16H25FN2O/c1-3-18-8-10-19(11-9-18)7-6-16(20)14-5-4-13(2)15(17)12-14/h4-5,12,16,20H,3,6-11H2,1-2H3. The molecule has 1 aromatic rings. The summed E-state index contributed by atoms with van der Waals surface area (Å²) in [5.41, 5.74) is 1.30. The summed E-state index contributed by atoms with van der Waals surface area (Å²) in [6.07, 6.45) is 0.0866. The molecule has 2 rings (SSSR count).